The zero-order valence-electron chi connectivity index (χ0n) is 13.2. The molecule has 0 unspecified atom stereocenters. The van der Waals surface area contributed by atoms with Crippen molar-refractivity contribution in [3.63, 3.8) is 0 Å². The third kappa shape index (κ3) is 3.00. The van der Waals surface area contributed by atoms with Crippen molar-refractivity contribution in [1.29, 1.82) is 0 Å². The molecule has 0 aliphatic heterocycles. The van der Waals surface area contributed by atoms with E-state index in [1.807, 2.05) is 18.2 Å². The monoisotopic (exact) mass is 308 g/mol. The van der Waals surface area contributed by atoms with Gasteiger partial charge in [0, 0.05) is 5.56 Å². The van der Waals surface area contributed by atoms with Gasteiger partial charge in [0.15, 0.2) is 5.43 Å². The molecule has 3 heteroatoms. The second-order valence-corrected chi connectivity index (χ2v) is 5.71. The highest BCUT2D eigenvalue weighted by Crippen LogP contribution is 2.33. The summed E-state index contributed by atoms with van der Waals surface area (Å²) in [6.45, 7) is 2.13. The van der Waals surface area contributed by atoms with Crippen molar-refractivity contribution in [1.82, 2.24) is 0 Å². The third-order valence-corrected chi connectivity index (χ3v) is 4.07. The number of aromatic hydroxyl groups is 1. The smallest absolute Gasteiger partial charge is 0.196 e. The highest BCUT2D eigenvalue weighted by molar-refractivity contribution is 5.81. The number of hydrogen-bond acceptors (Lipinski definition) is 3. The van der Waals surface area contributed by atoms with E-state index < -0.39 is 0 Å². The molecule has 0 atom stereocenters. The maximum absolute atomic E-state index is 12.9. The quantitative estimate of drug-likeness (QED) is 0.682. The van der Waals surface area contributed by atoms with Crippen LogP contribution in [0.5, 0.6) is 5.75 Å². The molecule has 0 amide bonds. The Kier molecular flexibility index (Phi) is 4.47. The zero-order chi connectivity index (χ0) is 16.2. The van der Waals surface area contributed by atoms with E-state index in [4.69, 9.17) is 4.42 Å². The van der Waals surface area contributed by atoms with Crippen LogP contribution in [0.3, 0.4) is 0 Å². The first-order valence-electron chi connectivity index (χ1n) is 8.05. The molecule has 1 N–H and O–H groups in total. The van der Waals surface area contributed by atoms with Crippen LogP contribution >= 0.6 is 0 Å². The van der Waals surface area contributed by atoms with Gasteiger partial charge in [-0.2, -0.15) is 0 Å². The first-order valence-corrected chi connectivity index (χ1v) is 8.05. The van der Waals surface area contributed by atoms with Crippen molar-refractivity contribution in [2.45, 2.75) is 32.6 Å². The normalized spacial score (nSPS) is 11.0. The lowest BCUT2D eigenvalue weighted by atomic mass is 9.99. The molecule has 3 nitrogen and oxygen atoms in total. The number of rotatable bonds is 5. The van der Waals surface area contributed by atoms with E-state index in [1.54, 1.807) is 30.3 Å². The lowest BCUT2D eigenvalue weighted by Crippen LogP contribution is -2.11. The van der Waals surface area contributed by atoms with Gasteiger partial charge in [0.25, 0.3) is 0 Å². The molecule has 23 heavy (non-hydrogen) atoms. The lowest BCUT2D eigenvalue weighted by Gasteiger charge is -2.11. The van der Waals surface area contributed by atoms with E-state index >= 15 is 0 Å². The topological polar surface area (TPSA) is 50.4 Å². The van der Waals surface area contributed by atoms with Crippen LogP contribution in [0.15, 0.2) is 57.7 Å². The lowest BCUT2D eigenvalue weighted by molar-refractivity contribution is 0.474. The van der Waals surface area contributed by atoms with Crippen LogP contribution < -0.4 is 5.43 Å². The summed E-state index contributed by atoms with van der Waals surface area (Å²) in [6.07, 6.45) is 3.74. The van der Waals surface area contributed by atoms with Crippen LogP contribution in [0.4, 0.5) is 0 Å². The predicted molar refractivity (Wildman–Crippen MR) is 92.8 cm³/mol. The number of phenolic OH excluding ortho intramolecular Hbond substituents is 1. The van der Waals surface area contributed by atoms with Gasteiger partial charge in [0.1, 0.15) is 17.1 Å². The Labute approximate surface area is 135 Å². The van der Waals surface area contributed by atoms with Gasteiger partial charge in [0.05, 0.1) is 10.9 Å². The van der Waals surface area contributed by atoms with Crippen LogP contribution in [-0.4, -0.2) is 5.11 Å². The first kappa shape index (κ1) is 15.3. The molecule has 2 aromatic carbocycles. The van der Waals surface area contributed by atoms with Gasteiger partial charge in [-0.25, -0.2) is 0 Å². The number of unbranched alkanes of at least 4 members (excludes halogenated alkanes) is 2. The Morgan fingerprint density at radius 2 is 1.74 bits per heavy atom. The molecule has 0 fully saturated rings. The van der Waals surface area contributed by atoms with Crippen molar-refractivity contribution in [3.05, 3.63) is 64.3 Å². The first-order chi connectivity index (χ1) is 11.2. The van der Waals surface area contributed by atoms with Crippen molar-refractivity contribution >= 4 is 11.0 Å². The molecule has 0 spiro atoms. The minimum absolute atomic E-state index is 0.00112. The van der Waals surface area contributed by atoms with Crippen LogP contribution in [0.1, 0.15) is 31.7 Å². The number of hydrogen-bond donors (Lipinski definition) is 1. The van der Waals surface area contributed by atoms with Crippen LogP contribution in [-0.2, 0) is 6.42 Å². The van der Waals surface area contributed by atoms with E-state index in [2.05, 4.69) is 6.92 Å². The summed E-state index contributed by atoms with van der Waals surface area (Å²) in [5.41, 5.74) is 1.77. The maximum Gasteiger partial charge on any atom is 0.196 e. The number of phenols is 1. The zero-order valence-corrected chi connectivity index (χ0v) is 13.2. The summed E-state index contributed by atoms with van der Waals surface area (Å²) < 4.78 is 6.01. The minimum atomic E-state index is 0.00112. The van der Waals surface area contributed by atoms with Gasteiger partial charge in [0.2, 0.25) is 0 Å². The molecule has 1 heterocycles. The Morgan fingerprint density at radius 3 is 2.52 bits per heavy atom. The summed E-state index contributed by atoms with van der Waals surface area (Å²) in [7, 11) is 0. The summed E-state index contributed by atoms with van der Waals surface area (Å²) in [5, 5.41) is 10.8. The number of fused-ring (bicyclic) bond motifs is 1. The van der Waals surface area contributed by atoms with Gasteiger partial charge in [-0.3, -0.25) is 4.79 Å². The molecule has 1 aromatic heterocycles. The fourth-order valence-electron chi connectivity index (χ4n) is 2.84. The molecule has 118 valence electrons. The SMILES string of the molecule is CCCCCc1c(-c2ccccc2O)oc2ccccc2c1=O. The average Bonchev–Trinajstić information content (AvgIpc) is 2.57. The molecule has 0 aliphatic carbocycles. The van der Waals surface area contributed by atoms with Crippen molar-refractivity contribution in [2.24, 2.45) is 0 Å². The van der Waals surface area contributed by atoms with Crippen LogP contribution in [0.25, 0.3) is 22.3 Å². The summed E-state index contributed by atoms with van der Waals surface area (Å²) in [4.78, 5) is 12.9. The van der Waals surface area contributed by atoms with Crippen LogP contribution in [0.2, 0.25) is 0 Å². The van der Waals surface area contributed by atoms with Crippen molar-refractivity contribution < 1.29 is 9.52 Å². The second-order valence-electron chi connectivity index (χ2n) is 5.71. The molecule has 0 saturated heterocycles. The highest BCUT2D eigenvalue weighted by Gasteiger charge is 2.17. The number of para-hydroxylation sites is 2. The Balaban J connectivity index is 2.23. The van der Waals surface area contributed by atoms with E-state index in [-0.39, 0.29) is 11.2 Å². The molecule has 0 bridgehead atoms. The molecule has 0 aliphatic rings. The Hall–Kier alpha value is -2.55. The van der Waals surface area contributed by atoms with Gasteiger partial charge in [-0.15, -0.1) is 0 Å². The summed E-state index contributed by atoms with van der Waals surface area (Å²) in [6, 6.07) is 14.3. The summed E-state index contributed by atoms with van der Waals surface area (Å²) >= 11 is 0. The fraction of sp³-hybridized carbons (Fsp3) is 0.250. The van der Waals surface area contributed by atoms with Gasteiger partial charge >= 0.3 is 0 Å². The van der Waals surface area contributed by atoms with Gasteiger partial charge < -0.3 is 9.52 Å². The second kappa shape index (κ2) is 6.69. The summed E-state index contributed by atoms with van der Waals surface area (Å²) in [5.74, 6) is 0.616. The fourth-order valence-corrected chi connectivity index (χ4v) is 2.84. The third-order valence-electron chi connectivity index (χ3n) is 4.07. The minimum Gasteiger partial charge on any atom is -0.507 e. The molecular weight excluding hydrogens is 288 g/mol. The van der Waals surface area contributed by atoms with Crippen molar-refractivity contribution in [3.8, 4) is 17.1 Å². The van der Waals surface area contributed by atoms with Crippen LogP contribution in [0, 0.1) is 0 Å². The molecule has 0 saturated carbocycles. The van der Waals surface area contributed by atoms with Crippen molar-refractivity contribution in [2.75, 3.05) is 0 Å². The maximum atomic E-state index is 12.9. The van der Waals surface area contributed by atoms with E-state index in [0.717, 1.165) is 19.3 Å². The van der Waals surface area contributed by atoms with E-state index in [9.17, 15) is 9.90 Å². The molecule has 3 rings (SSSR count). The average molecular weight is 308 g/mol. The largest absolute Gasteiger partial charge is 0.507 e. The van der Waals surface area contributed by atoms with E-state index in [1.165, 1.54) is 0 Å². The molecular formula is C20H20O3. The van der Waals surface area contributed by atoms with Gasteiger partial charge in [-0.1, -0.05) is 44.0 Å². The standard InChI is InChI=1S/C20H20O3/c1-2-3-4-11-16-19(22)15-10-6-8-13-18(15)23-20(16)14-9-5-7-12-17(14)21/h5-10,12-13,21H,2-4,11H2,1H3. The van der Waals surface area contributed by atoms with E-state index in [0.29, 0.717) is 34.3 Å². The molecule has 3 aromatic rings. The Bertz CT molecular complexity index is 877. The highest BCUT2D eigenvalue weighted by atomic mass is 16.3. The number of benzene rings is 2. The predicted octanol–water partition coefficient (Wildman–Crippen LogP) is 4.90. The molecule has 0 radical (unpaired) electrons. The Morgan fingerprint density at radius 1 is 1.00 bits per heavy atom. The van der Waals surface area contributed by atoms with Gasteiger partial charge in [-0.05, 0) is 37.1 Å².